The first-order valence-corrected chi connectivity index (χ1v) is 8.23. The number of nitrogens with one attached hydrogen (secondary N) is 3. The molecule has 0 atom stereocenters. The maximum Gasteiger partial charge on any atom is 0.552 e. The number of hydrogen-bond donors (Lipinski definition) is 4. The van der Waals surface area contributed by atoms with E-state index in [1.54, 1.807) is 12.2 Å². The molecule has 0 spiro atoms. The lowest BCUT2D eigenvalue weighted by atomic mass is 9.68. The van der Waals surface area contributed by atoms with E-state index in [4.69, 9.17) is 4.65 Å². The predicted octanol–water partition coefficient (Wildman–Crippen LogP) is 1.46. The van der Waals surface area contributed by atoms with Crippen molar-refractivity contribution >= 4 is 29.8 Å². The Morgan fingerprint density at radius 1 is 1.54 bits per heavy atom. The molecule has 2 aromatic rings. The van der Waals surface area contributed by atoms with Crippen molar-refractivity contribution in [2.75, 3.05) is 6.54 Å². The summed E-state index contributed by atoms with van der Waals surface area (Å²) in [5.41, 5.74) is 2.87. The molecular formula is C16H19BN4O3. The lowest BCUT2D eigenvalue weighted by Crippen LogP contribution is -2.48. The van der Waals surface area contributed by atoms with Crippen molar-refractivity contribution in [2.24, 2.45) is 5.92 Å². The summed E-state index contributed by atoms with van der Waals surface area (Å²) >= 11 is 0. The first-order valence-electron chi connectivity index (χ1n) is 8.23. The van der Waals surface area contributed by atoms with Crippen LogP contribution in [0.4, 0.5) is 4.79 Å². The summed E-state index contributed by atoms with van der Waals surface area (Å²) in [5.74, 6) is 2.66. The summed E-state index contributed by atoms with van der Waals surface area (Å²) in [6.45, 7) is 2.51. The number of fused-ring (bicyclic) bond motifs is 3. The van der Waals surface area contributed by atoms with Crippen LogP contribution < -0.4 is 15.3 Å². The molecule has 0 bridgehead atoms. The smallest absolute Gasteiger partial charge is 0.531 e. The molecule has 0 saturated heterocycles. The third kappa shape index (κ3) is 2.52. The monoisotopic (exact) mass is 326 g/mol. The van der Waals surface area contributed by atoms with Crippen molar-refractivity contribution in [3.05, 3.63) is 30.0 Å². The van der Waals surface area contributed by atoms with Crippen molar-refractivity contribution in [1.29, 1.82) is 0 Å². The molecule has 4 rings (SSSR count). The Bertz CT molecular complexity index is 813. The van der Waals surface area contributed by atoms with Gasteiger partial charge in [0.2, 0.25) is 0 Å². The fourth-order valence-corrected chi connectivity index (χ4v) is 3.50. The van der Waals surface area contributed by atoms with Gasteiger partial charge >= 0.3 is 13.1 Å². The van der Waals surface area contributed by atoms with Crippen LogP contribution in [0.25, 0.3) is 16.6 Å². The number of amides is 2. The number of aromatic amines is 1. The minimum atomic E-state index is -0.957. The molecule has 0 aromatic carbocycles. The van der Waals surface area contributed by atoms with Gasteiger partial charge in [-0.15, -0.1) is 0 Å². The Balaban J connectivity index is 1.57. The van der Waals surface area contributed by atoms with Crippen LogP contribution in [0.1, 0.15) is 25.3 Å². The van der Waals surface area contributed by atoms with Gasteiger partial charge in [-0.2, -0.15) is 0 Å². The number of H-pyrrole nitrogens is 1. The fourth-order valence-electron chi connectivity index (χ4n) is 3.50. The zero-order valence-corrected chi connectivity index (χ0v) is 13.4. The average Bonchev–Trinajstić information content (AvgIpc) is 2.98. The Kier molecular flexibility index (Phi) is 3.68. The molecule has 2 aliphatic rings. The standard InChI is InChI=1S/C16H19BN4O3/c1-2-18-16(22)21-10-5-9(6-10)12-7-17(23)24-13-8-20-15-11(14(12)13)3-4-19-15/h3-4,7-10,23H,2,5-6H2,1H3,(H,19,20)(H2,18,21,22)/t9-,10+. The van der Waals surface area contributed by atoms with Gasteiger partial charge in [0.25, 0.3) is 0 Å². The van der Waals surface area contributed by atoms with Crippen molar-refractivity contribution in [1.82, 2.24) is 20.6 Å². The van der Waals surface area contributed by atoms with Crippen LogP contribution in [0, 0.1) is 5.92 Å². The number of pyridine rings is 1. The van der Waals surface area contributed by atoms with Crippen LogP contribution in [-0.2, 0) is 0 Å². The second kappa shape index (κ2) is 5.87. The molecule has 0 radical (unpaired) electrons. The Labute approximate surface area is 139 Å². The third-order valence-corrected chi connectivity index (χ3v) is 4.66. The predicted molar refractivity (Wildman–Crippen MR) is 91.4 cm³/mol. The molecule has 1 aliphatic heterocycles. The summed E-state index contributed by atoms with van der Waals surface area (Å²) in [5, 5.41) is 16.7. The molecule has 3 heterocycles. The van der Waals surface area contributed by atoms with E-state index in [0.717, 1.165) is 35.0 Å². The number of nitrogens with zero attached hydrogens (tertiary/aromatic N) is 1. The fraction of sp³-hybridized carbons (Fsp3) is 0.375. The van der Waals surface area contributed by atoms with E-state index in [2.05, 4.69) is 20.6 Å². The van der Waals surface area contributed by atoms with E-state index in [1.165, 1.54) is 0 Å². The molecule has 2 aromatic heterocycles. The van der Waals surface area contributed by atoms with E-state index >= 15 is 0 Å². The van der Waals surface area contributed by atoms with Gasteiger partial charge in [-0.3, -0.25) is 0 Å². The normalized spacial score (nSPS) is 22.2. The summed E-state index contributed by atoms with van der Waals surface area (Å²) < 4.78 is 5.50. The Hall–Kier alpha value is -2.48. The number of carbonyl (C=O) groups is 1. The van der Waals surface area contributed by atoms with Gasteiger partial charge in [-0.05, 0) is 43.3 Å². The molecule has 4 N–H and O–H groups in total. The molecule has 1 fully saturated rings. The SMILES string of the molecule is CCNC(=O)N[C@H]1C[C@@H](C2=CB(O)Oc3cnc4[nH]ccc4c32)C1. The maximum atomic E-state index is 11.6. The largest absolute Gasteiger partial charge is 0.552 e. The van der Waals surface area contributed by atoms with E-state index in [9.17, 15) is 9.82 Å². The van der Waals surface area contributed by atoms with Crippen LogP contribution in [0.2, 0.25) is 0 Å². The lowest BCUT2D eigenvalue weighted by molar-refractivity contribution is 0.220. The van der Waals surface area contributed by atoms with Crippen LogP contribution in [-0.4, -0.2) is 40.7 Å². The van der Waals surface area contributed by atoms with Crippen molar-refractivity contribution in [2.45, 2.75) is 25.8 Å². The van der Waals surface area contributed by atoms with Crippen LogP contribution in [0.5, 0.6) is 5.75 Å². The molecular weight excluding hydrogens is 307 g/mol. The highest BCUT2D eigenvalue weighted by molar-refractivity contribution is 6.52. The van der Waals surface area contributed by atoms with E-state index in [0.29, 0.717) is 12.3 Å². The molecule has 1 aliphatic carbocycles. The molecule has 8 heteroatoms. The summed E-state index contributed by atoms with van der Waals surface area (Å²) in [7, 11) is -0.957. The lowest BCUT2D eigenvalue weighted by Gasteiger charge is -2.39. The van der Waals surface area contributed by atoms with Crippen LogP contribution in [0.15, 0.2) is 24.4 Å². The highest BCUT2D eigenvalue weighted by Gasteiger charge is 2.38. The van der Waals surface area contributed by atoms with Gasteiger partial charge in [0.05, 0.1) is 6.20 Å². The molecule has 7 nitrogen and oxygen atoms in total. The van der Waals surface area contributed by atoms with Gasteiger partial charge in [0.1, 0.15) is 11.4 Å². The van der Waals surface area contributed by atoms with Crippen molar-refractivity contribution in [3.63, 3.8) is 0 Å². The number of hydrogen-bond acceptors (Lipinski definition) is 4. The first-order chi connectivity index (χ1) is 11.7. The zero-order chi connectivity index (χ0) is 16.7. The molecule has 24 heavy (non-hydrogen) atoms. The number of carbonyl (C=O) groups excluding carboxylic acids is 1. The number of rotatable bonds is 3. The van der Waals surface area contributed by atoms with Gasteiger partial charge in [0, 0.05) is 29.7 Å². The third-order valence-electron chi connectivity index (χ3n) is 4.66. The Morgan fingerprint density at radius 2 is 2.38 bits per heavy atom. The minimum Gasteiger partial charge on any atom is -0.531 e. The number of allylic oxidation sites excluding steroid dienone is 1. The zero-order valence-electron chi connectivity index (χ0n) is 13.4. The first kappa shape index (κ1) is 15.1. The second-order valence-corrected chi connectivity index (χ2v) is 6.24. The molecule has 124 valence electrons. The average molecular weight is 326 g/mol. The highest BCUT2D eigenvalue weighted by atomic mass is 16.5. The minimum absolute atomic E-state index is 0.125. The molecule has 0 unspecified atom stereocenters. The van der Waals surface area contributed by atoms with Gasteiger partial charge < -0.3 is 25.3 Å². The second-order valence-electron chi connectivity index (χ2n) is 6.24. The van der Waals surface area contributed by atoms with Gasteiger partial charge in [0.15, 0.2) is 0 Å². The highest BCUT2D eigenvalue weighted by Crippen LogP contribution is 2.45. The van der Waals surface area contributed by atoms with E-state index < -0.39 is 7.12 Å². The van der Waals surface area contributed by atoms with E-state index in [-0.39, 0.29) is 18.0 Å². The summed E-state index contributed by atoms with van der Waals surface area (Å²) in [4.78, 5) is 19.0. The van der Waals surface area contributed by atoms with Crippen molar-refractivity contribution < 1.29 is 14.5 Å². The topological polar surface area (TPSA) is 99.3 Å². The van der Waals surface area contributed by atoms with Gasteiger partial charge in [-0.1, -0.05) is 0 Å². The van der Waals surface area contributed by atoms with Crippen molar-refractivity contribution in [3.8, 4) is 5.75 Å². The van der Waals surface area contributed by atoms with E-state index in [1.807, 2.05) is 19.2 Å². The quantitative estimate of drug-likeness (QED) is 0.642. The molecule has 2 amide bonds. The maximum absolute atomic E-state index is 11.6. The Morgan fingerprint density at radius 3 is 3.17 bits per heavy atom. The van der Waals surface area contributed by atoms with Gasteiger partial charge in [-0.25, -0.2) is 9.78 Å². The molecule has 1 saturated carbocycles. The van der Waals surface area contributed by atoms with Crippen LogP contribution in [0.3, 0.4) is 0 Å². The summed E-state index contributed by atoms with van der Waals surface area (Å²) in [6, 6.07) is 2.01. The van der Waals surface area contributed by atoms with Crippen LogP contribution >= 0.6 is 0 Å². The summed E-state index contributed by atoms with van der Waals surface area (Å²) in [6.07, 6.45) is 5.20. The number of urea groups is 1. The number of aromatic nitrogens is 2.